The molecule has 0 unspecified atom stereocenters. The molecule has 2 aromatic rings. The molecule has 1 N–H and O–H groups in total. The van der Waals surface area contributed by atoms with Crippen LogP contribution >= 0.6 is 23.2 Å². The van der Waals surface area contributed by atoms with Crippen molar-refractivity contribution in [2.24, 2.45) is 5.92 Å². The summed E-state index contributed by atoms with van der Waals surface area (Å²) < 4.78 is 26.8. The number of nitrogens with one attached hydrogen (secondary N) is 1. The SMILES string of the molecule is O=C(Nc1cccc([N+](=O)[O-])c1)C1CCN(S(=O)(=O)Cc2ccc(Cl)cc2Cl)CC1. The largest absolute Gasteiger partial charge is 0.326 e. The molecule has 0 bridgehead atoms. The van der Waals surface area contributed by atoms with E-state index in [-0.39, 0.29) is 41.4 Å². The lowest BCUT2D eigenvalue weighted by Crippen LogP contribution is -2.41. The van der Waals surface area contributed by atoms with E-state index in [1.807, 2.05) is 0 Å². The van der Waals surface area contributed by atoms with Crippen LogP contribution in [0.5, 0.6) is 0 Å². The van der Waals surface area contributed by atoms with E-state index in [1.54, 1.807) is 18.2 Å². The van der Waals surface area contributed by atoms with Gasteiger partial charge in [0.05, 0.1) is 10.7 Å². The van der Waals surface area contributed by atoms with Crippen molar-refractivity contribution in [2.45, 2.75) is 18.6 Å². The summed E-state index contributed by atoms with van der Waals surface area (Å²) in [6.07, 6.45) is 0.711. The number of nitrogens with zero attached hydrogens (tertiary/aromatic N) is 2. The Labute approximate surface area is 184 Å². The maximum absolute atomic E-state index is 12.7. The van der Waals surface area contributed by atoms with Crippen molar-refractivity contribution in [1.82, 2.24) is 4.31 Å². The van der Waals surface area contributed by atoms with Gasteiger partial charge in [-0.3, -0.25) is 14.9 Å². The smallest absolute Gasteiger partial charge is 0.271 e. The molecule has 8 nitrogen and oxygen atoms in total. The number of amides is 1. The zero-order valence-electron chi connectivity index (χ0n) is 15.8. The molecule has 0 radical (unpaired) electrons. The van der Waals surface area contributed by atoms with Gasteiger partial charge in [-0.15, -0.1) is 0 Å². The van der Waals surface area contributed by atoms with Crippen molar-refractivity contribution in [2.75, 3.05) is 18.4 Å². The van der Waals surface area contributed by atoms with E-state index >= 15 is 0 Å². The highest BCUT2D eigenvalue weighted by Gasteiger charge is 2.31. The molecule has 1 saturated heterocycles. The van der Waals surface area contributed by atoms with Gasteiger partial charge < -0.3 is 5.32 Å². The predicted molar refractivity (Wildman–Crippen MR) is 115 cm³/mol. The molecule has 160 valence electrons. The molecule has 1 aliphatic heterocycles. The summed E-state index contributed by atoms with van der Waals surface area (Å²) in [6, 6.07) is 10.4. The molecule has 0 aliphatic carbocycles. The van der Waals surface area contributed by atoms with Crippen molar-refractivity contribution in [1.29, 1.82) is 0 Å². The van der Waals surface area contributed by atoms with Crippen LogP contribution in [0.15, 0.2) is 42.5 Å². The number of rotatable bonds is 6. The Bertz CT molecular complexity index is 1070. The first kappa shape index (κ1) is 22.5. The standard InChI is InChI=1S/C19H19Cl2N3O5S/c20-15-5-4-14(18(21)10-15)12-30(28,29)23-8-6-13(7-9-23)19(25)22-16-2-1-3-17(11-16)24(26)27/h1-5,10-11,13H,6-9,12H2,(H,22,25). The Kier molecular flexibility index (Phi) is 6.97. The summed E-state index contributed by atoms with van der Waals surface area (Å²) in [4.78, 5) is 22.8. The summed E-state index contributed by atoms with van der Waals surface area (Å²) in [5, 5.41) is 14.2. The summed E-state index contributed by atoms with van der Waals surface area (Å²) in [5.41, 5.74) is 0.683. The lowest BCUT2D eigenvalue weighted by atomic mass is 9.97. The molecule has 0 spiro atoms. The normalized spacial score (nSPS) is 15.7. The van der Waals surface area contributed by atoms with Gasteiger partial charge in [0.25, 0.3) is 5.69 Å². The number of carbonyl (C=O) groups excluding carboxylic acids is 1. The molecule has 1 amide bonds. The van der Waals surface area contributed by atoms with E-state index in [4.69, 9.17) is 23.2 Å². The molecule has 1 heterocycles. The molecule has 1 fully saturated rings. The average Bonchev–Trinajstić information content (AvgIpc) is 2.70. The lowest BCUT2D eigenvalue weighted by molar-refractivity contribution is -0.384. The van der Waals surface area contributed by atoms with Crippen LogP contribution in [0.2, 0.25) is 10.0 Å². The topological polar surface area (TPSA) is 110 Å². The van der Waals surface area contributed by atoms with E-state index in [9.17, 15) is 23.3 Å². The number of sulfonamides is 1. The molecular weight excluding hydrogens is 453 g/mol. The highest BCUT2D eigenvalue weighted by Crippen LogP contribution is 2.27. The van der Waals surface area contributed by atoms with Gasteiger partial charge in [-0.05, 0) is 36.6 Å². The molecule has 11 heteroatoms. The molecule has 30 heavy (non-hydrogen) atoms. The van der Waals surface area contributed by atoms with Gasteiger partial charge in [-0.2, -0.15) is 0 Å². The average molecular weight is 472 g/mol. The lowest BCUT2D eigenvalue weighted by Gasteiger charge is -2.30. The highest BCUT2D eigenvalue weighted by atomic mass is 35.5. The van der Waals surface area contributed by atoms with Crippen LogP contribution in [0.25, 0.3) is 0 Å². The highest BCUT2D eigenvalue weighted by molar-refractivity contribution is 7.88. The molecule has 3 rings (SSSR count). The second kappa shape index (κ2) is 9.30. The van der Waals surface area contributed by atoms with Crippen molar-refractivity contribution >= 4 is 50.5 Å². The maximum Gasteiger partial charge on any atom is 0.271 e. The van der Waals surface area contributed by atoms with Crippen LogP contribution in [0.3, 0.4) is 0 Å². The third-order valence-electron chi connectivity index (χ3n) is 4.90. The summed E-state index contributed by atoms with van der Waals surface area (Å²) in [5.74, 6) is -0.906. The molecule has 1 aliphatic rings. The Hall–Kier alpha value is -2.20. The number of hydrogen-bond acceptors (Lipinski definition) is 5. The minimum Gasteiger partial charge on any atom is -0.326 e. The molecule has 0 saturated carbocycles. The van der Waals surface area contributed by atoms with Crippen LogP contribution < -0.4 is 5.32 Å². The number of non-ortho nitro benzene ring substituents is 1. The van der Waals surface area contributed by atoms with E-state index < -0.39 is 14.9 Å². The van der Waals surface area contributed by atoms with Crippen LogP contribution in [0, 0.1) is 16.0 Å². The predicted octanol–water partition coefficient (Wildman–Crippen LogP) is 4.08. The molecule has 2 aromatic carbocycles. The first-order valence-electron chi connectivity index (χ1n) is 9.13. The fourth-order valence-corrected chi connectivity index (χ4v) is 5.41. The first-order chi connectivity index (χ1) is 14.2. The molecular formula is C19H19Cl2N3O5S. The zero-order valence-corrected chi connectivity index (χ0v) is 18.1. The van der Waals surface area contributed by atoms with Crippen LogP contribution in [0.4, 0.5) is 11.4 Å². The fourth-order valence-electron chi connectivity index (χ4n) is 3.26. The number of piperidine rings is 1. The first-order valence-corrected chi connectivity index (χ1v) is 11.5. The third-order valence-corrected chi connectivity index (χ3v) is 7.31. The van der Waals surface area contributed by atoms with E-state index in [0.29, 0.717) is 29.1 Å². The van der Waals surface area contributed by atoms with Crippen molar-refractivity contribution in [3.63, 3.8) is 0 Å². The Morgan fingerprint density at radius 3 is 2.50 bits per heavy atom. The second-order valence-corrected chi connectivity index (χ2v) is 9.77. The van der Waals surface area contributed by atoms with E-state index in [1.165, 1.54) is 28.6 Å². The number of carbonyl (C=O) groups is 1. The fraction of sp³-hybridized carbons (Fsp3) is 0.316. The van der Waals surface area contributed by atoms with Gasteiger partial charge in [0.15, 0.2) is 0 Å². The van der Waals surface area contributed by atoms with Gasteiger partial charge in [0.2, 0.25) is 15.9 Å². The maximum atomic E-state index is 12.7. The molecule has 0 aromatic heterocycles. The van der Waals surface area contributed by atoms with E-state index in [2.05, 4.69) is 5.32 Å². The Morgan fingerprint density at radius 1 is 1.17 bits per heavy atom. The van der Waals surface area contributed by atoms with Crippen molar-refractivity contribution in [3.8, 4) is 0 Å². The van der Waals surface area contributed by atoms with Crippen molar-refractivity contribution in [3.05, 3.63) is 68.2 Å². The number of nitro benzene ring substituents is 1. The number of nitro groups is 1. The van der Waals surface area contributed by atoms with Crippen LogP contribution in [0.1, 0.15) is 18.4 Å². The summed E-state index contributed by atoms with van der Waals surface area (Å²) >= 11 is 11.9. The number of benzene rings is 2. The quantitative estimate of drug-likeness (QED) is 0.503. The zero-order chi connectivity index (χ0) is 21.9. The third kappa shape index (κ3) is 5.48. The van der Waals surface area contributed by atoms with Crippen LogP contribution in [-0.4, -0.2) is 36.6 Å². The number of halogens is 2. The van der Waals surface area contributed by atoms with Gasteiger partial charge in [-0.1, -0.05) is 35.3 Å². The Balaban J connectivity index is 1.59. The monoisotopic (exact) mass is 471 g/mol. The van der Waals surface area contributed by atoms with Gasteiger partial charge in [0.1, 0.15) is 0 Å². The molecule has 0 atom stereocenters. The Morgan fingerprint density at radius 2 is 1.87 bits per heavy atom. The van der Waals surface area contributed by atoms with Gasteiger partial charge >= 0.3 is 0 Å². The number of anilines is 1. The van der Waals surface area contributed by atoms with Gasteiger partial charge in [0, 0.05) is 46.9 Å². The second-order valence-electron chi connectivity index (χ2n) is 6.96. The minimum absolute atomic E-state index is 0.116. The minimum atomic E-state index is -3.60. The number of hydrogen-bond donors (Lipinski definition) is 1. The van der Waals surface area contributed by atoms with Crippen LogP contribution in [-0.2, 0) is 20.6 Å². The van der Waals surface area contributed by atoms with Gasteiger partial charge in [-0.25, -0.2) is 12.7 Å². The summed E-state index contributed by atoms with van der Waals surface area (Å²) in [7, 11) is -3.60. The van der Waals surface area contributed by atoms with E-state index in [0.717, 1.165) is 0 Å². The summed E-state index contributed by atoms with van der Waals surface area (Å²) in [6.45, 7) is 0.418. The van der Waals surface area contributed by atoms with Crippen molar-refractivity contribution < 1.29 is 18.1 Å².